The zero-order valence-electron chi connectivity index (χ0n) is 11.9. The van der Waals surface area contributed by atoms with E-state index in [1.165, 1.54) is 19.3 Å². The molecule has 2 aliphatic rings. The average molecular weight is 268 g/mol. The van der Waals surface area contributed by atoms with Crippen molar-refractivity contribution in [3.05, 3.63) is 11.4 Å². The van der Waals surface area contributed by atoms with Gasteiger partial charge in [-0.05, 0) is 33.1 Å². The number of hydrogen-bond donors (Lipinski definition) is 3. The van der Waals surface area contributed by atoms with Crippen LogP contribution in [0.5, 0.6) is 0 Å². The van der Waals surface area contributed by atoms with Crippen LogP contribution in [0, 0.1) is 5.41 Å². The van der Waals surface area contributed by atoms with Crippen LogP contribution in [-0.2, 0) is 0 Å². The van der Waals surface area contributed by atoms with Gasteiger partial charge in [-0.2, -0.15) is 0 Å². The van der Waals surface area contributed by atoms with Crippen LogP contribution in [0.1, 0.15) is 39.5 Å². The number of piperidine rings is 1. The number of nitrogens with one attached hydrogen (secondary N) is 2. The lowest BCUT2D eigenvalue weighted by molar-refractivity contribution is -0.00855. The molecule has 108 valence electrons. The first kappa shape index (κ1) is 14.3. The number of nitrogens with zero attached hydrogens (tertiary/aromatic N) is 1. The highest BCUT2D eigenvalue weighted by molar-refractivity contribution is 5.75. The van der Waals surface area contributed by atoms with E-state index in [-0.39, 0.29) is 6.04 Å². The molecule has 0 bridgehead atoms. The van der Waals surface area contributed by atoms with Gasteiger partial charge >= 0.3 is 0 Å². The Hall–Kier alpha value is -1.10. The highest BCUT2D eigenvalue weighted by atomic mass is 19.1. The fourth-order valence-electron chi connectivity index (χ4n) is 2.92. The number of halogens is 1. The Balaban J connectivity index is 1.98. The zero-order valence-corrected chi connectivity index (χ0v) is 11.9. The van der Waals surface area contributed by atoms with Gasteiger partial charge < -0.3 is 16.5 Å². The first-order valence-corrected chi connectivity index (χ1v) is 7.10. The summed E-state index contributed by atoms with van der Waals surface area (Å²) < 4.78 is 14.8. The SMILES string of the molecule is C/C(NC1CCN(C2CCC2)CC1(C)F)=C(\N)C=N. The first-order chi connectivity index (χ1) is 8.94. The molecule has 1 heterocycles. The van der Waals surface area contributed by atoms with Crippen LogP contribution in [0.15, 0.2) is 11.4 Å². The smallest absolute Gasteiger partial charge is 0.140 e. The van der Waals surface area contributed by atoms with Crippen LogP contribution in [0.2, 0.25) is 0 Å². The van der Waals surface area contributed by atoms with Crippen LogP contribution in [0.4, 0.5) is 4.39 Å². The minimum atomic E-state index is -1.25. The van der Waals surface area contributed by atoms with Gasteiger partial charge in [0, 0.05) is 31.0 Å². The molecule has 2 rings (SSSR count). The number of allylic oxidation sites excluding steroid dienone is 2. The van der Waals surface area contributed by atoms with E-state index in [2.05, 4.69) is 10.2 Å². The number of alkyl halides is 1. The molecule has 1 aliphatic heterocycles. The van der Waals surface area contributed by atoms with Crippen molar-refractivity contribution < 1.29 is 4.39 Å². The molecule has 1 saturated carbocycles. The van der Waals surface area contributed by atoms with Gasteiger partial charge in [-0.25, -0.2) is 4.39 Å². The molecular formula is C14H25FN4. The Morgan fingerprint density at radius 3 is 2.63 bits per heavy atom. The average Bonchev–Trinajstić information content (AvgIpc) is 2.28. The molecule has 4 N–H and O–H groups in total. The Morgan fingerprint density at radius 2 is 2.16 bits per heavy atom. The van der Waals surface area contributed by atoms with Crippen molar-refractivity contribution in [3.8, 4) is 0 Å². The minimum Gasteiger partial charge on any atom is -0.396 e. The molecule has 0 aromatic heterocycles. The predicted octanol–water partition coefficient (Wildman–Crippen LogP) is 1.77. The van der Waals surface area contributed by atoms with Gasteiger partial charge in [0.15, 0.2) is 0 Å². The third-order valence-corrected chi connectivity index (χ3v) is 4.51. The van der Waals surface area contributed by atoms with Crippen molar-refractivity contribution in [2.75, 3.05) is 13.1 Å². The standard InChI is InChI=1S/C14H25FN4/c1-10(12(17)8-16)18-13-6-7-19(9-14(13,2)15)11-4-3-5-11/h8,11,13,16,18H,3-7,9,17H2,1-2H3/b12-10+,16-8?. The number of hydrogen-bond acceptors (Lipinski definition) is 4. The summed E-state index contributed by atoms with van der Waals surface area (Å²) in [5, 5.41) is 10.3. The molecule has 1 saturated heterocycles. The Bertz CT molecular complexity index is 374. The second-order valence-electron chi connectivity index (χ2n) is 6.04. The topological polar surface area (TPSA) is 65.1 Å². The Morgan fingerprint density at radius 1 is 1.47 bits per heavy atom. The van der Waals surface area contributed by atoms with E-state index in [0.717, 1.165) is 19.2 Å². The minimum absolute atomic E-state index is 0.220. The third kappa shape index (κ3) is 3.08. The van der Waals surface area contributed by atoms with E-state index >= 15 is 0 Å². The summed E-state index contributed by atoms with van der Waals surface area (Å²) in [4.78, 5) is 2.29. The maximum Gasteiger partial charge on any atom is 0.140 e. The van der Waals surface area contributed by atoms with Crippen molar-refractivity contribution in [2.45, 2.75) is 57.3 Å². The van der Waals surface area contributed by atoms with Gasteiger partial charge in [0.2, 0.25) is 0 Å². The van der Waals surface area contributed by atoms with Gasteiger partial charge in [-0.1, -0.05) is 6.42 Å². The monoisotopic (exact) mass is 268 g/mol. The van der Waals surface area contributed by atoms with Crippen LogP contribution in [-0.4, -0.2) is 42.0 Å². The lowest BCUT2D eigenvalue weighted by Crippen LogP contribution is -2.60. The summed E-state index contributed by atoms with van der Waals surface area (Å²) >= 11 is 0. The predicted molar refractivity (Wildman–Crippen MR) is 75.9 cm³/mol. The van der Waals surface area contributed by atoms with Crippen molar-refractivity contribution in [3.63, 3.8) is 0 Å². The molecule has 2 atom stereocenters. The van der Waals surface area contributed by atoms with Gasteiger partial charge in [-0.15, -0.1) is 0 Å². The highest BCUT2D eigenvalue weighted by Crippen LogP contribution is 2.32. The molecule has 2 fully saturated rings. The molecule has 5 heteroatoms. The van der Waals surface area contributed by atoms with Crippen molar-refractivity contribution in [2.24, 2.45) is 5.73 Å². The maximum atomic E-state index is 14.8. The molecule has 19 heavy (non-hydrogen) atoms. The lowest BCUT2D eigenvalue weighted by Gasteiger charge is -2.47. The molecule has 0 spiro atoms. The van der Waals surface area contributed by atoms with E-state index in [1.54, 1.807) is 13.8 Å². The quantitative estimate of drug-likeness (QED) is 0.681. The van der Waals surface area contributed by atoms with Crippen molar-refractivity contribution in [1.29, 1.82) is 5.41 Å². The summed E-state index contributed by atoms with van der Waals surface area (Å²) in [6.45, 7) is 4.91. The normalized spacial score (nSPS) is 34.4. The van der Waals surface area contributed by atoms with E-state index in [1.807, 2.05) is 0 Å². The molecule has 0 amide bonds. The second-order valence-corrected chi connectivity index (χ2v) is 6.04. The van der Waals surface area contributed by atoms with Gasteiger partial charge in [0.05, 0.1) is 11.7 Å². The van der Waals surface area contributed by atoms with Gasteiger partial charge in [0.1, 0.15) is 5.67 Å². The number of rotatable bonds is 4. The summed E-state index contributed by atoms with van der Waals surface area (Å²) in [6.07, 6.45) is 5.60. The Kier molecular flexibility index (Phi) is 4.13. The molecular weight excluding hydrogens is 243 g/mol. The lowest BCUT2D eigenvalue weighted by atomic mass is 9.85. The molecule has 2 unspecified atom stereocenters. The molecule has 4 nitrogen and oxygen atoms in total. The van der Waals surface area contributed by atoms with Crippen LogP contribution < -0.4 is 11.1 Å². The fraction of sp³-hybridized carbons (Fsp3) is 0.786. The van der Waals surface area contributed by atoms with Crippen molar-refractivity contribution in [1.82, 2.24) is 10.2 Å². The van der Waals surface area contributed by atoms with E-state index in [4.69, 9.17) is 11.1 Å². The van der Waals surface area contributed by atoms with E-state index in [9.17, 15) is 4.39 Å². The summed E-state index contributed by atoms with van der Waals surface area (Å²) in [6, 6.07) is 0.377. The Labute approximate surface area is 114 Å². The van der Waals surface area contributed by atoms with E-state index < -0.39 is 5.67 Å². The summed E-state index contributed by atoms with van der Waals surface area (Å²) in [5.74, 6) is 0. The third-order valence-electron chi connectivity index (χ3n) is 4.51. The number of nitrogens with two attached hydrogens (primary N) is 1. The molecule has 0 aromatic rings. The van der Waals surface area contributed by atoms with Crippen LogP contribution >= 0.6 is 0 Å². The van der Waals surface area contributed by atoms with E-state index in [0.29, 0.717) is 24.0 Å². The van der Waals surface area contributed by atoms with Crippen LogP contribution in [0.25, 0.3) is 0 Å². The largest absolute Gasteiger partial charge is 0.396 e. The summed E-state index contributed by atoms with van der Waals surface area (Å²) in [7, 11) is 0. The fourth-order valence-corrected chi connectivity index (χ4v) is 2.92. The second kappa shape index (κ2) is 5.49. The van der Waals surface area contributed by atoms with Crippen molar-refractivity contribution >= 4 is 6.21 Å². The highest BCUT2D eigenvalue weighted by Gasteiger charge is 2.42. The molecule has 0 aromatic carbocycles. The van der Waals surface area contributed by atoms with Gasteiger partial charge in [0.25, 0.3) is 0 Å². The zero-order chi connectivity index (χ0) is 14.0. The first-order valence-electron chi connectivity index (χ1n) is 7.10. The maximum absolute atomic E-state index is 14.8. The van der Waals surface area contributed by atoms with Crippen LogP contribution in [0.3, 0.4) is 0 Å². The summed E-state index contributed by atoms with van der Waals surface area (Å²) in [5.41, 5.74) is 5.48. The number of likely N-dealkylation sites (tertiary alicyclic amines) is 1. The van der Waals surface area contributed by atoms with Gasteiger partial charge in [-0.3, -0.25) is 4.90 Å². The molecule has 0 radical (unpaired) electrons. The molecule has 1 aliphatic carbocycles.